The molecule has 1 aromatic rings. The minimum atomic E-state index is 0.183. The molecule has 0 saturated carbocycles. The van der Waals surface area contributed by atoms with Crippen molar-refractivity contribution in [2.24, 2.45) is 5.73 Å². The first kappa shape index (κ1) is 15.5. The van der Waals surface area contributed by atoms with E-state index in [0.717, 1.165) is 30.7 Å². The number of anilines is 1. The summed E-state index contributed by atoms with van der Waals surface area (Å²) in [6, 6.07) is 6.60. The normalized spacial score (nSPS) is 12.5. The highest BCUT2D eigenvalue weighted by Crippen LogP contribution is 2.24. The number of halogens is 1. The number of nitrogens with zero attached hydrogens (tertiary/aromatic N) is 1. The first-order valence-electron chi connectivity index (χ1n) is 6.37. The number of benzene rings is 1. The van der Waals surface area contributed by atoms with Crippen molar-refractivity contribution < 1.29 is 4.74 Å². The highest BCUT2D eigenvalue weighted by atomic mass is 79.9. The predicted octanol–water partition coefficient (Wildman–Crippen LogP) is 2.81. The van der Waals surface area contributed by atoms with Crippen LogP contribution >= 0.6 is 15.9 Å². The van der Waals surface area contributed by atoms with E-state index in [9.17, 15) is 0 Å². The molecule has 1 unspecified atom stereocenters. The lowest BCUT2D eigenvalue weighted by atomic mass is 10.1. The molecule has 4 heteroatoms. The van der Waals surface area contributed by atoms with Crippen molar-refractivity contribution in [2.75, 3.05) is 31.7 Å². The molecule has 1 atom stereocenters. The zero-order chi connectivity index (χ0) is 13.5. The highest BCUT2D eigenvalue weighted by molar-refractivity contribution is 9.10. The Morgan fingerprint density at radius 1 is 1.44 bits per heavy atom. The van der Waals surface area contributed by atoms with Crippen molar-refractivity contribution in [3.05, 3.63) is 28.2 Å². The van der Waals surface area contributed by atoms with Gasteiger partial charge in [-0.1, -0.05) is 22.0 Å². The zero-order valence-electron chi connectivity index (χ0n) is 11.4. The minimum Gasteiger partial charge on any atom is -0.380 e. The van der Waals surface area contributed by atoms with Crippen LogP contribution < -0.4 is 10.6 Å². The van der Waals surface area contributed by atoms with E-state index < -0.39 is 0 Å². The first-order valence-corrected chi connectivity index (χ1v) is 7.16. The molecule has 0 bridgehead atoms. The second kappa shape index (κ2) is 7.77. The summed E-state index contributed by atoms with van der Waals surface area (Å²) in [6.45, 7) is 6.46. The molecule has 0 radical (unpaired) electrons. The number of likely N-dealkylation sites (N-methyl/N-ethyl adjacent to an activating group) is 1. The summed E-state index contributed by atoms with van der Waals surface area (Å²) in [6.07, 6.45) is 0.892. The van der Waals surface area contributed by atoms with Crippen molar-refractivity contribution in [1.29, 1.82) is 0 Å². The summed E-state index contributed by atoms with van der Waals surface area (Å²) in [7, 11) is 2.08. The van der Waals surface area contributed by atoms with E-state index in [-0.39, 0.29) is 6.04 Å². The average Bonchev–Trinajstić information content (AvgIpc) is 2.31. The maximum atomic E-state index is 5.82. The molecule has 0 spiro atoms. The van der Waals surface area contributed by atoms with Crippen molar-refractivity contribution in [2.45, 2.75) is 26.3 Å². The summed E-state index contributed by atoms with van der Waals surface area (Å²) in [4.78, 5) is 2.19. The fourth-order valence-electron chi connectivity index (χ4n) is 1.76. The molecule has 0 aliphatic rings. The Balaban J connectivity index is 2.65. The smallest absolute Gasteiger partial charge is 0.0641 e. The molecule has 0 amide bonds. The van der Waals surface area contributed by atoms with E-state index in [0.29, 0.717) is 0 Å². The van der Waals surface area contributed by atoms with Crippen molar-refractivity contribution in [3.63, 3.8) is 0 Å². The number of rotatable bonds is 7. The molecule has 1 rings (SSSR count). The van der Waals surface area contributed by atoms with Gasteiger partial charge in [0.25, 0.3) is 0 Å². The van der Waals surface area contributed by atoms with E-state index in [2.05, 4.69) is 46.1 Å². The van der Waals surface area contributed by atoms with Crippen LogP contribution in [-0.2, 0) is 11.2 Å². The van der Waals surface area contributed by atoms with E-state index in [1.165, 1.54) is 11.3 Å². The quantitative estimate of drug-likeness (QED) is 0.786. The van der Waals surface area contributed by atoms with Gasteiger partial charge in [-0.05, 0) is 38.0 Å². The maximum Gasteiger partial charge on any atom is 0.0641 e. The summed E-state index contributed by atoms with van der Waals surface area (Å²) in [5, 5.41) is 0. The van der Waals surface area contributed by atoms with Gasteiger partial charge in [0.05, 0.1) is 6.61 Å². The molecule has 0 saturated heterocycles. The lowest BCUT2D eigenvalue weighted by molar-refractivity contribution is 0.154. The van der Waals surface area contributed by atoms with Crippen LogP contribution in [0.2, 0.25) is 0 Å². The van der Waals surface area contributed by atoms with Crippen molar-refractivity contribution in [3.8, 4) is 0 Å². The van der Waals surface area contributed by atoms with Gasteiger partial charge in [-0.2, -0.15) is 0 Å². The van der Waals surface area contributed by atoms with Gasteiger partial charge < -0.3 is 15.4 Å². The van der Waals surface area contributed by atoms with Gasteiger partial charge in [0.15, 0.2) is 0 Å². The Morgan fingerprint density at radius 2 is 2.17 bits per heavy atom. The maximum absolute atomic E-state index is 5.82. The third-order valence-electron chi connectivity index (χ3n) is 2.79. The SMILES string of the molecule is CCOCCN(C)c1ccc(CC(C)N)c(Br)c1. The van der Waals surface area contributed by atoms with E-state index in [1.807, 2.05) is 13.8 Å². The van der Waals surface area contributed by atoms with Crippen LogP contribution in [0.3, 0.4) is 0 Å². The van der Waals surface area contributed by atoms with Gasteiger partial charge in [0, 0.05) is 36.4 Å². The Bertz CT molecular complexity index is 369. The fourth-order valence-corrected chi connectivity index (χ4v) is 2.29. The van der Waals surface area contributed by atoms with Crippen LogP contribution in [-0.4, -0.2) is 32.8 Å². The van der Waals surface area contributed by atoms with Crippen LogP contribution in [0.25, 0.3) is 0 Å². The molecule has 0 heterocycles. The first-order chi connectivity index (χ1) is 8.54. The lowest BCUT2D eigenvalue weighted by Gasteiger charge is -2.20. The standard InChI is InChI=1S/C14H23BrN2O/c1-4-18-8-7-17(3)13-6-5-12(9-11(2)16)14(15)10-13/h5-6,10-11H,4,7-9,16H2,1-3H3. The lowest BCUT2D eigenvalue weighted by Crippen LogP contribution is -2.23. The van der Waals surface area contributed by atoms with Crippen molar-refractivity contribution >= 4 is 21.6 Å². The van der Waals surface area contributed by atoms with Gasteiger partial charge in [0.2, 0.25) is 0 Å². The topological polar surface area (TPSA) is 38.5 Å². The second-order valence-corrected chi connectivity index (χ2v) is 5.43. The molecular formula is C14H23BrN2O. The molecule has 3 nitrogen and oxygen atoms in total. The molecule has 0 aromatic heterocycles. The molecular weight excluding hydrogens is 292 g/mol. The van der Waals surface area contributed by atoms with Crippen LogP contribution in [0.1, 0.15) is 19.4 Å². The van der Waals surface area contributed by atoms with Crippen LogP contribution in [0.15, 0.2) is 22.7 Å². The van der Waals surface area contributed by atoms with Crippen LogP contribution in [0, 0.1) is 0 Å². The fraction of sp³-hybridized carbons (Fsp3) is 0.571. The summed E-state index contributed by atoms with van der Waals surface area (Å²) in [5.74, 6) is 0. The van der Waals surface area contributed by atoms with Crippen LogP contribution in [0.5, 0.6) is 0 Å². The largest absolute Gasteiger partial charge is 0.380 e. The number of hydrogen-bond acceptors (Lipinski definition) is 3. The number of ether oxygens (including phenoxy) is 1. The van der Waals surface area contributed by atoms with Crippen molar-refractivity contribution in [1.82, 2.24) is 0 Å². The average molecular weight is 315 g/mol. The molecule has 0 aliphatic carbocycles. The van der Waals surface area contributed by atoms with Gasteiger partial charge in [-0.15, -0.1) is 0 Å². The van der Waals surface area contributed by atoms with E-state index >= 15 is 0 Å². The summed E-state index contributed by atoms with van der Waals surface area (Å²) < 4.78 is 6.49. The molecule has 18 heavy (non-hydrogen) atoms. The van der Waals surface area contributed by atoms with Gasteiger partial charge in [-0.3, -0.25) is 0 Å². The molecule has 2 N–H and O–H groups in total. The third-order valence-corrected chi connectivity index (χ3v) is 3.53. The van der Waals surface area contributed by atoms with E-state index in [1.54, 1.807) is 0 Å². The predicted molar refractivity (Wildman–Crippen MR) is 81.3 cm³/mol. The number of hydrogen-bond donors (Lipinski definition) is 1. The molecule has 102 valence electrons. The second-order valence-electron chi connectivity index (χ2n) is 4.58. The summed E-state index contributed by atoms with van der Waals surface area (Å²) in [5.41, 5.74) is 8.27. The summed E-state index contributed by atoms with van der Waals surface area (Å²) >= 11 is 3.61. The Labute approximate surface area is 118 Å². The highest BCUT2D eigenvalue weighted by Gasteiger charge is 2.06. The monoisotopic (exact) mass is 314 g/mol. The third kappa shape index (κ3) is 4.96. The Kier molecular flexibility index (Phi) is 6.68. The van der Waals surface area contributed by atoms with E-state index in [4.69, 9.17) is 10.5 Å². The Hall–Kier alpha value is -0.580. The van der Waals surface area contributed by atoms with Gasteiger partial charge in [-0.25, -0.2) is 0 Å². The van der Waals surface area contributed by atoms with Gasteiger partial charge >= 0.3 is 0 Å². The zero-order valence-corrected chi connectivity index (χ0v) is 13.0. The Morgan fingerprint density at radius 3 is 2.72 bits per heavy atom. The van der Waals surface area contributed by atoms with Gasteiger partial charge in [0.1, 0.15) is 0 Å². The molecule has 0 fully saturated rings. The molecule has 1 aromatic carbocycles. The molecule has 0 aliphatic heterocycles. The van der Waals surface area contributed by atoms with Crippen LogP contribution in [0.4, 0.5) is 5.69 Å². The minimum absolute atomic E-state index is 0.183. The number of nitrogens with two attached hydrogens (primary N) is 1.